The number of hydrogen-bond donors (Lipinski definition) is 2. The fourth-order valence-electron chi connectivity index (χ4n) is 3.06. The molecular weight excluding hydrogens is 332 g/mol. The molecule has 1 saturated carbocycles. The van der Waals surface area contributed by atoms with Crippen molar-refractivity contribution < 1.29 is 19.4 Å². The van der Waals surface area contributed by atoms with Crippen LogP contribution in [0, 0.1) is 6.92 Å². The Morgan fingerprint density at radius 3 is 2.46 bits per heavy atom. The van der Waals surface area contributed by atoms with Crippen LogP contribution < -0.4 is 5.32 Å². The zero-order valence-corrected chi connectivity index (χ0v) is 14.7. The number of anilines is 1. The summed E-state index contributed by atoms with van der Waals surface area (Å²) >= 11 is 0. The number of benzene rings is 1. The predicted octanol–water partition coefficient (Wildman–Crippen LogP) is 3.80. The highest BCUT2D eigenvalue weighted by molar-refractivity contribution is 6.03. The van der Waals surface area contributed by atoms with Gasteiger partial charge in [0.25, 0.3) is 5.91 Å². The van der Waals surface area contributed by atoms with Gasteiger partial charge >= 0.3 is 5.97 Å². The second kappa shape index (κ2) is 8.10. The van der Waals surface area contributed by atoms with Crippen LogP contribution in [0.15, 0.2) is 36.4 Å². The van der Waals surface area contributed by atoms with Gasteiger partial charge in [0, 0.05) is 5.69 Å². The quantitative estimate of drug-likeness (QED) is 0.824. The minimum absolute atomic E-state index is 0.0909. The summed E-state index contributed by atoms with van der Waals surface area (Å²) < 4.78 is 5.88. The molecule has 2 aromatic rings. The van der Waals surface area contributed by atoms with Gasteiger partial charge in [-0.1, -0.05) is 25.0 Å². The molecule has 0 atom stereocenters. The van der Waals surface area contributed by atoms with Crippen LogP contribution in [-0.2, 0) is 11.3 Å². The van der Waals surface area contributed by atoms with E-state index in [1.165, 1.54) is 25.0 Å². The molecule has 1 amide bonds. The number of carbonyl (C=O) groups excluding carboxylic acids is 1. The number of carboxylic acids is 1. The first-order chi connectivity index (χ1) is 12.5. The molecule has 1 aliphatic carbocycles. The normalized spacial score (nSPS) is 14.3. The third-order valence-corrected chi connectivity index (χ3v) is 4.55. The average Bonchev–Trinajstić information content (AvgIpc) is 3.14. The van der Waals surface area contributed by atoms with Crippen LogP contribution in [-0.4, -0.2) is 28.1 Å². The second-order valence-electron chi connectivity index (χ2n) is 6.50. The van der Waals surface area contributed by atoms with E-state index in [9.17, 15) is 9.59 Å². The number of amides is 1. The molecule has 1 aromatic carbocycles. The summed E-state index contributed by atoms with van der Waals surface area (Å²) in [6, 6.07) is 10.3. The molecule has 1 fully saturated rings. The highest BCUT2D eigenvalue weighted by atomic mass is 16.5. The fourth-order valence-corrected chi connectivity index (χ4v) is 3.06. The second-order valence-corrected chi connectivity index (χ2v) is 6.50. The van der Waals surface area contributed by atoms with Crippen LogP contribution >= 0.6 is 0 Å². The van der Waals surface area contributed by atoms with Gasteiger partial charge in [0.15, 0.2) is 0 Å². The van der Waals surface area contributed by atoms with Crippen LogP contribution in [0.2, 0.25) is 0 Å². The smallest absolute Gasteiger partial charge is 0.337 e. The summed E-state index contributed by atoms with van der Waals surface area (Å²) in [5, 5.41) is 11.8. The van der Waals surface area contributed by atoms with E-state index in [1.807, 2.05) is 24.3 Å². The van der Waals surface area contributed by atoms with Crippen LogP contribution in [0.5, 0.6) is 0 Å². The van der Waals surface area contributed by atoms with Crippen molar-refractivity contribution in [2.45, 2.75) is 45.3 Å². The molecule has 2 N–H and O–H groups in total. The highest BCUT2D eigenvalue weighted by Crippen LogP contribution is 2.22. The first kappa shape index (κ1) is 18.1. The van der Waals surface area contributed by atoms with Gasteiger partial charge in [-0.2, -0.15) is 0 Å². The van der Waals surface area contributed by atoms with E-state index in [-0.39, 0.29) is 17.2 Å². The first-order valence-electron chi connectivity index (χ1n) is 8.76. The fraction of sp³-hybridized carbons (Fsp3) is 0.350. The largest absolute Gasteiger partial charge is 0.478 e. The number of aromatic carboxylic acids is 1. The molecule has 6 heteroatoms. The number of carboxylic acid groups (broad SMARTS) is 1. The number of ether oxygens (including phenoxy) is 1. The molecular formula is C20H22N2O4. The summed E-state index contributed by atoms with van der Waals surface area (Å²) in [5.74, 6) is -1.43. The third-order valence-electron chi connectivity index (χ3n) is 4.55. The summed E-state index contributed by atoms with van der Waals surface area (Å²) in [4.78, 5) is 27.4. The maximum atomic E-state index is 12.3. The topological polar surface area (TPSA) is 88.5 Å². The summed E-state index contributed by atoms with van der Waals surface area (Å²) in [6.45, 7) is 2.15. The Morgan fingerprint density at radius 2 is 1.85 bits per heavy atom. The van der Waals surface area contributed by atoms with Crippen LogP contribution in [0.25, 0.3) is 0 Å². The molecule has 3 rings (SSSR count). The molecule has 6 nitrogen and oxygen atoms in total. The molecule has 1 aliphatic rings. The maximum absolute atomic E-state index is 12.3. The van der Waals surface area contributed by atoms with Crippen molar-refractivity contribution in [1.82, 2.24) is 4.98 Å². The van der Waals surface area contributed by atoms with Crippen molar-refractivity contribution in [2.24, 2.45) is 0 Å². The van der Waals surface area contributed by atoms with E-state index in [0.717, 1.165) is 18.4 Å². The summed E-state index contributed by atoms with van der Waals surface area (Å²) in [7, 11) is 0. The van der Waals surface area contributed by atoms with Gasteiger partial charge in [0.05, 0.1) is 24.0 Å². The monoisotopic (exact) mass is 354 g/mol. The van der Waals surface area contributed by atoms with Gasteiger partial charge in [0.2, 0.25) is 0 Å². The summed E-state index contributed by atoms with van der Waals surface area (Å²) in [5.41, 5.74) is 2.30. The first-order valence-corrected chi connectivity index (χ1v) is 8.76. The van der Waals surface area contributed by atoms with Crippen molar-refractivity contribution in [3.8, 4) is 0 Å². The number of nitrogens with one attached hydrogen (secondary N) is 1. The molecule has 0 saturated heterocycles. The number of aromatic nitrogens is 1. The minimum atomic E-state index is -1.06. The number of rotatable bonds is 6. The van der Waals surface area contributed by atoms with Crippen LogP contribution in [0.1, 0.15) is 57.8 Å². The van der Waals surface area contributed by atoms with Gasteiger partial charge in [-0.05, 0) is 49.6 Å². The summed E-state index contributed by atoms with van der Waals surface area (Å²) in [6.07, 6.45) is 5.15. The Bertz CT molecular complexity index is 796. The van der Waals surface area contributed by atoms with Crippen molar-refractivity contribution in [1.29, 1.82) is 0 Å². The molecule has 0 radical (unpaired) electrons. The maximum Gasteiger partial charge on any atom is 0.337 e. The van der Waals surface area contributed by atoms with Gasteiger partial charge in [-0.25, -0.2) is 9.78 Å². The lowest BCUT2D eigenvalue weighted by atomic mass is 10.1. The average molecular weight is 354 g/mol. The Morgan fingerprint density at radius 1 is 1.15 bits per heavy atom. The van der Waals surface area contributed by atoms with Crippen molar-refractivity contribution in [3.05, 3.63) is 58.9 Å². The van der Waals surface area contributed by atoms with Gasteiger partial charge < -0.3 is 15.2 Å². The third kappa shape index (κ3) is 4.46. The number of hydrogen-bond acceptors (Lipinski definition) is 4. The molecule has 0 aliphatic heterocycles. The lowest BCUT2D eigenvalue weighted by Crippen LogP contribution is -2.15. The Balaban J connectivity index is 1.58. The molecule has 0 spiro atoms. The molecule has 1 heterocycles. The number of pyridine rings is 1. The van der Waals surface area contributed by atoms with E-state index >= 15 is 0 Å². The number of aryl methyl sites for hydroxylation is 1. The van der Waals surface area contributed by atoms with Gasteiger partial charge in [-0.15, -0.1) is 0 Å². The minimum Gasteiger partial charge on any atom is -0.478 e. The lowest BCUT2D eigenvalue weighted by Gasteiger charge is -2.11. The molecule has 0 unspecified atom stereocenters. The SMILES string of the molecule is Cc1nc(C(=O)Nc2ccc(COC3CCCC3)cc2)ccc1C(=O)O. The zero-order chi connectivity index (χ0) is 18.5. The lowest BCUT2D eigenvalue weighted by molar-refractivity contribution is 0.0457. The van der Waals surface area contributed by atoms with E-state index < -0.39 is 5.97 Å². The molecule has 136 valence electrons. The van der Waals surface area contributed by atoms with E-state index in [4.69, 9.17) is 9.84 Å². The van der Waals surface area contributed by atoms with Gasteiger partial charge in [0.1, 0.15) is 5.69 Å². The van der Waals surface area contributed by atoms with Crippen LogP contribution in [0.3, 0.4) is 0 Å². The van der Waals surface area contributed by atoms with Crippen molar-refractivity contribution >= 4 is 17.6 Å². The molecule has 0 bridgehead atoms. The van der Waals surface area contributed by atoms with Crippen molar-refractivity contribution in [3.63, 3.8) is 0 Å². The van der Waals surface area contributed by atoms with Gasteiger partial charge in [-0.3, -0.25) is 4.79 Å². The standard InChI is InChI=1S/C20H22N2O4/c1-13-17(20(24)25)10-11-18(21-13)19(23)22-15-8-6-14(7-9-15)12-26-16-4-2-3-5-16/h6-11,16H,2-5,12H2,1H3,(H,22,23)(H,24,25). The van der Waals surface area contributed by atoms with Crippen LogP contribution in [0.4, 0.5) is 5.69 Å². The van der Waals surface area contributed by atoms with E-state index in [0.29, 0.717) is 24.1 Å². The van der Waals surface area contributed by atoms with E-state index in [2.05, 4.69) is 10.3 Å². The Labute approximate surface area is 152 Å². The Kier molecular flexibility index (Phi) is 5.63. The Hall–Kier alpha value is -2.73. The zero-order valence-electron chi connectivity index (χ0n) is 14.7. The highest BCUT2D eigenvalue weighted by Gasteiger charge is 2.15. The molecule has 1 aromatic heterocycles. The number of nitrogens with zero attached hydrogens (tertiary/aromatic N) is 1. The van der Waals surface area contributed by atoms with E-state index in [1.54, 1.807) is 6.92 Å². The number of carbonyl (C=O) groups is 2. The molecule has 26 heavy (non-hydrogen) atoms. The predicted molar refractivity (Wildman–Crippen MR) is 97.4 cm³/mol. The van der Waals surface area contributed by atoms with Crippen molar-refractivity contribution in [2.75, 3.05) is 5.32 Å².